The number of phenolic OH excluding ortho intramolecular Hbond substituents is 1. The van der Waals surface area contributed by atoms with Gasteiger partial charge in [0.1, 0.15) is 5.52 Å². The average molecular weight is 502 g/mol. The van der Waals surface area contributed by atoms with Gasteiger partial charge in [0.15, 0.2) is 5.75 Å². The Balaban J connectivity index is 1.65. The molecule has 1 N–H and O–H groups in total. The van der Waals surface area contributed by atoms with Crippen molar-refractivity contribution in [2.75, 3.05) is 11.9 Å². The van der Waals surface area contributed by atoms with Crippen LogP contribution < -0.4 is 4.90 Å². The highest BCUT2D eigenvalue weighted by Gasteiger charge is 2.42. The van der Waals surface area contributed by atoms with E-state index in [9.17, 15) is 14.7 Å². The number of nitrogens with zero attached hydrogens (tertiary/aromatic N) is 3. The van der Waals surface area contributed by atoms with E-state index in [-0.39, 0.29) is 23.4 Å². The van der Waals surface area contributed by atoms with Crippen LogP contribution >= 0.6 is 15.9 Å². The minimum atomic E-state index is -0.519. The molecule has 0 atom stereocenters. The number of anilines is 1. The minimum absolute atomic E-state index is 0.0103. The molecule has 2 amide bonds. The van der Waals surface area contributed by atoms with Crippen molar-refractivity contribution in [3.8, 4) is 5.75 Å². The first-order valence-corrected chi connectivity index (χ1v) is 11.2. The zero-order valence-electron chi connectivity index (χ0n) is 17.8. The van der Waals surface area contributed by atoms with Crippen LogP contribution in [0.3, 0.4) is 0 Å². The largest absolute Gasteiger partial charge is 0.505 e. The molecule has 0 bridgehead atoms. The van der Waals surface area contributed by atoms with Gasteiger partial charge in [0.05, 0.1) is 23.4 Å². The Morgan fingerprint density at radius 1 is 0.939 bits per heavy atom. The smallest absolute Gasteiger partial charge is 0.265 e. The molecule has 0 aliphatic carbocycles. The highest BCUT2D eigenvalue weighted by Crippen LogP contribution is 2.44. The van der Waals surface area contributed by atoms with Crippen LogP contribution in [0.4, 0.5) is 5.69 Å². The molecule has 5 rings (SSSR count). The number of carbonyl (C=O) groups is 2. The van der Waals surface area contributed by atoms with E-state index < -0.39 is 11.8 Å². The number of hydrogen-bond acceptors (Lipinski definition) is 5. The fourth-order valence-electron chi connectivity index (χ4n) is 4.35. The number of hydrogen-bond donors (Lipinski definition) is 1. The molecule has 0 saturated carbocycles. The molecule has 4 aromatic rings. The molecular weight excluding hydrogens is 482 g/mol. The summed E-state index contributed by atoms with van der Waals surface area (Å²) in [6.45, 7) is 0.631. The maximum absolute atomic E-state index is 13.6. The molecular formula is C26H20BrN3O3. The van der Waals surface area contributed by atoms with Gasteiger partial charge in [-0.1, -0.05) is 58.4 Å². The number of rotatable bonds is 5. The highest BCUT2D eigenvalue weighted by molar-refractivity contribution is 9.10. The van der Waals surface area contributed by atoms with E-state index in [1.54, 1.807) is 12.3 Å². The summed E-state index contributed by atoms with van der Waals surface area (Å²) in [7, 11) is 1.88. The quantitative estimate of drug-likeness (QED) is 0.383. The van der Waals surface area contributed by atoms with Crippen molar-refractivity contribution in [1.29, 1.82) is 0 Å². The topological polar surface area (TPSA) is 73.7 Å². The van der Waals surface area contributed by atoms with Gasteiger partial charge in [-0.15, -0.1) is 0 Å². The van der Waals surface area contributed by atoms with Crippen LogP contribution in [-0.4, -0.2) is 33.9 Å². The van der Waals surface area contributed by atoms with Crippen molar-refractivity contribution in [2.24, 2.45) is 0 Å². The molecule has 1 aliphatic heterocycles. The fourth-order valence-corrected chi connectivity index (χ4v) is 4.79. The van der Waals surface area contributed by atoms with E-state index in [0.29, 0.717) is 23.1 Å². The summed E-state index contributed by atoms with van der Waals surface area (Å²) in [6, 6.07) is 20.9. The van der Waals surface area contributed by atoms with E-state index >= 15 is 0 Å². The van der Waals surface area contributed by atoms with Crippen molar-refractivity contribution in [1.82, 2.24) is 9.88 Å². The number of benzene rings is 3. The number of amides is 2. The number of phenols is 1. The summed E-state index contributed by atoms with van der Waals surface area (Å²) in [5, 5.41) is 11.6. The summed E-state index contributed by atoms with van der Waals surface area (Å²) >= 11 is 3.43. The van der Waals surface area contributed by atoms with Crippen molar-refractivity contribution >= 4 is 44.3 Å². The van der Waals surface area contributed by atoms with E-state index in [1.165, 1.54) is 4.90 Å². The zero-order chi connectivity index (χ0) is 23.1. The third-order valence-corrected chi connectivity index (χ3v) is 6.30. The average Bonchev–Trinajstić information content (AvgIpc) is 3.05. The van der Waals surface area contributed by atoms with Crippen LogP contribution in [-0.2, 0) is 13.1 Å². The van der Waals surface area contributed by atoms with Crippen LogP contribution in [0, 0.1) is 0 Å². The third-order valence-electron chi connectivity index (χ3n) is 5.80. The molecule has 6 nitrogen and oxygen atoms in total. The monoisotopic (exact) mass is 501 g/mol. The fraction of sp³-hybridized carbons (Fsp3) is 0.115. The maximum atomic E-state index is 13.6. The van der Waals surface area contributed by atoms with Gasteiger partial charge >= 0.3 is 0 Å². The summed E-state index contributed by atoms with van der Waals surface area (Å²) in [5.74, 6) is -1.20. The molecule has 0 spiro atoms. The number of aromatic nitrogens is 1. The van der Waals surface area contributed by atoms with Gasteiger partial charge in [-0.2, -0.15) is 0 Å². The SMILES string of the molecule is CN(Cc1ccccc1)c1c2c(c(O)c3ncccc13)C(=O)N(Cc1cccc(Br)c1)C2=O. The molecule has 0 fully saturated rings. The lowest BCUT2D eigenvalue weighted by atomic mass is 9.99. The van der Waals surface area contributed by atoms with Crippen LogP contribution in [0.2, 0.25) is 0 Å². The lowest BCUT2D eigenvalue weighted by Crippen LogP contribution is -2.29. The van der Waals surface area contributed by atoms with Crippen LogP contribution in [0.25, 0.3) is 10.9 Å². The molecule has 3 aromatic carbocycles. The second-order valence-electron chi connectivity index (χ2n) is 8.01. The van der Waals surface area contributed by atoms with E-state index in [2.05, 4.69) is 20.9 Å². The first-order valence-electron chi connectivity index (χ1n) is 10.4. The molecule has 33 heavy (non-hydrogen) atoms. The van der Waals surface area contributed by atoms with Crippen LogP contribution in [0.15, 0.2) is 77.4 Å². The summed E-state index contributed by atoms with van der Waals surface area (Å²) in [5.41, 5.74) is 2.98. The molecule has 7 heteroatoms. The molecule has 1 aromatic heterocycles. The third kappa shape index (κ3) is 3.64. The van der Waals surface area contributed by atoms with Crippen LogP contribution in [0.5, 0.6) is 5.75 Å². The minimum Gasteiger partial charge on any atom is -0.505 e. The number of pyridine rings is 1. The molecule has 2 heterocycles. The standard InChI is InChI=1S/C26H20BrN3O3/c1-29(14-16-7-3-2-4-8-16)23-19-11-6-12-28-22(19)24(31)21-20(23)25(32)30(26(21)33)15-17-9-5-10-18(27)13-17/h2-13,31H,14-15H2,1H3. The van der Waals surface area contributed by atoms with Gasteiger partial charge in [0.2, 0.25) is 0 Å². The summed E-state index contributed by atoms with van der Waals surface area (Å²) in [4.78, 5) is 34.4. The van der Waals surface area contributed by atoms with Crippen molar-refractivity contribution < 1.29 is 14.7 Å². The predicted molar refractivity (Wildman–Crippen MR) is 130 cm³/mol. The number of imide groups is 1. The molecule has 1 aliphatic rings. The number of aromatic hydroxyl groups is 1. The second-order valence-corrected chi connectivity index (χ2v) is 8.93. The molecule has 0 saturated heterocycles. The number of fused-ring (bicyclic) bond motifs is 2. The Morgan fingerprint density at radius 2 is 1.67 bits per heavy atom. The lowest BCUT2D eigenvalue weighted by molar-refractivity contribution is 0.0642. The Bertz CT molecular complexity index is 1410. The van der Waals surface area contributed by atoms with E-state index in [4.69, 9.17) is 0 Å². The lowest BCUT2D eigenvalue weighted by Gasteiger charge is -2.24. The Hall–Kier alpha value is -3.71. The second kappa shape index (κ2) is 8.33. The van der Waals surface area contributed by atoms with Crippen LogP contribution in [0.1, 0.15) is 31.8 Å². The van der Waals surface area contributed by atoms with E-state index in [0.717, 1.165) is 15.6 Å². The molecule has 164 valence electrons. The first kappa shape index (κ1) is 21.2. The maximum Gasteiger partial charge on any atom is 0.265 e. The van der Waals surface area contributed by atoms with Gasteiger partial charge in [-0.3, -0.25) is 19.5 Å². The first-order chi connectivity index (χ1) is 16.0. The normalized spacial score (nSPS) is 13.0. The molecule has 0 radical (unpaired) electrons. The number of halogens is 1. The highest BCUT2D eigenvalue weighted by atomic mass is 79.9. The predicted octanol–water partition coefficient (Wildman–Crippen LogP) is 5.14. The van der Waals surface area contributed by atoms with Gasteiger partial charge < -0.3 is 10.0 Å². The van der Waals surface area contributed by atoms with Gasteiger partial charge in [0, 0.05) is 29.6 Å². The van der Waals surface area contributed by atoms with Crippen molar-refractivity contribution in [2.45, 2.75) is 13.1 Å². The van der Waals surface area contributed by atoms with Gasteiger partial charge in [0.25, 0.3) is 11.8 Å². The van der Waals surface area contributed by atoms with E-state index in [1.807, 2.05) is 72.6 Å². The van der Waals surface area contributed by atoms with Gasteiger partial charge in [-0.05, 0) is 35.4 Å². The van der Waals surface area contributed by atoms with Gasteiger partial charge in [-0.25, -0.2) is 0 Å². The van der Waals surface area contributed by atoms with Crippen molar-refractivity contribution in [3.63, 3.8) is 0 Å². The zero-order valence-corrected chi connectivity index (χ0v) is 19.4. The summed E-state index contributed by atoms with van der Waals surface area (Å²) in [6.07, 6.45) is 1.57. The molecule has 0 unspecified atom stereocenters. The van der Waals surface area contributed by atoms with Crippen molar-refractivity contribution in [3.05, 3.63) is 99.7 Å². The summed E-state index contributed by atoms with van der Waals surface area (Å²) < 4.78 is 0.859. The Kier molecular flexibility index (Phi) is 5.34. The Morgan fingerprint density at radius 3 is 2.42 bits per heavy atom. The number of carbonyl (C=O) groups excluding carboxylic acids is 2. The Labute approximate surface area is 199 Å².